The summed E-state index contributed by atoms with van der Waals surface area (Å²) in [5, 5.41) is 9.13. The van der Waals surface area contributed by atoms with E-state index in [4.69, 9.17) is 28.8 Å². The molecule has 0 aromatic carbocycles. The van der Waals surface area contributed by atoms with Gasteiger partial charge in [0.15, 0.2) is 6.17 Å². The Morgan fingerprint density at radius 1 is 0.957 bits per heavy atom. The third kappa shape index (κ3) is 9.17. The van der Waals surface area contributed by atoms with E-state index >= 15 is 0 Å². The topological polar surface area (TPSA) is 66.4 Å². The number of halogens is 2. The average molecular weight is 340 g/mol. The summed E-state index contributed by atoms with van der Waals surface area (Å²) in [6.07, 6.45) is -3.98. The molecule has 0 bridgehead atoms. The van der Waals surface area contributed by atoms with Crippen LogP contribution < -0.4 is 0 Å². The first-order valence-corrected chi connectivity index (χ1v) is 7.67. The second-order valence-electron chi connectivity index (χ2n) is 4.97. The van der Waals surface area contributed by atoms with Gasteiger partial charge in [-0.25, -0.2) is 8.78 Å². The van der Waals surface area contributed by atoms with Crippen LogP contribution in [0.25, 0.3) is 0 Å². The smallest absolute Gasteiger partial charge is 0.150 e. The average Bonchev–Trinajstić information content (AvgIpc) is 2.53. The summed E-state index contributed by atoms with van der Waals surface area (Å²) in [5.74, 6) is 0.211. The predicted octanol–water partition coefficient (Wildman–Crippen LogP) is 1.02. The Morgan fingerprint density at radius 3 is 2.00 bits per heavy atom. The van der Waals surface area contributed by atoms with E-state index in [0.29, 0.717) is 46.2 Å². The lowest BCUT2D eigenvalue weighted by Crippen LogP contribution is -2.35. The first kappa shape index (κ1) is 20.2. The van der Waals surface area contributed by atoms with Crippen LogP contribution in [0.4, 0.5) is 8.78 Å². The second kappa shape index (κ2) is 12.6. The molecule has 3 unspecified atom stereocenters. The van der Waals surface area contributed by atoms with Crippen LogP contribution in [0.1, 0.15) is 6.42 Å². The molecule has 0 aromatic heterocycles. The summed E-state index contributed by atoms with van der Waals surface area (Å²) < 4.78 is 52.3. The van der Waals surface area contributed by atoms with E-state index in [1.54, 1.807) is 7.11 Å². The molecule has 0 fully saturated rings. The van der Waals surface area contributed by atoms with Gasteiger partial charge in [0.05, 0.1) is 52.0 Å². The van der Waals surface area contributed by atoms with Gasteiger partial charge in [-0.05, 0) is 6.08 Å². The Bertz CT molecular complexity index is 329. The van der Waals surface area contributed by atoms with E-state index < -0.39 is 18.4 Å². The van der Waals surface area contributed by atoms with Crippen molar-refractivity contribution >= 4 is 0 Å². The van der Waals surface area contributed by atoms with Crippen molar-refractivity contribution in [3.8, 4) is 0 Å². The third-order valence-corrected chi connectivity index (χ3v) is 3.13. The molecule has 1 aliphatic rings. The molecular weight excluding hydrogens is 314 g/mol. The van der Waals surface area contributed by atoms with Gasteiger partial charge in [0, 0.05) is 13.5 Å². The third-order valence-electron chi connectivity index (χ3n) is 3.13. The van der Waals surface area contributed by atoms with Crippen molar-refractivity contribution in [2.45, 2.75) is 24.9 Å². The zero-order chi connectivity index (χ0) is 16.9. The highest BCUT2D eigenvalue weighted by Crippen LogP contribution is 2.24. The van der Waals surface area contributed by atoms with Crippen molar-refractivity contribution in [3.63, 3.8) is 0 Å². The first-order chi connectivity index (χ1) is 11.1. The fourth-order valence-corrected chi connectivity index (χ4v) is 1.88. The highest BCUT2D eigenvalue weighted by Gasteiger charge is 2.32. The molecular formula is C15H26F2O6. The van der Waals surface area contributed by atoms with Crippen LogP contribution in [0.2, 0.25) is 0 Å². The van der Waals surface area contributed by atoms with Gasteiger partial charge < -0.3 is 28.8 Å². The molecule has 1 N–H and O–H groups in total. The number of aliphatic hydroxyl groups excluding tert-OH is 1. The molecule has 3 atom stereocenters. The number of aliphatic hydroxyl groups is 1. The van der Waals surface area contributed by atoms with Crippen molar-refractivity contribution in [2.75, 3.05) is 60.0 Å². The maximum absolute atomic E-state index is 13.2. The Morgan fingerprint density at radius 2 is 1.48 bits per heavy atom. The summed E-state index contributed by atoms with van der Waals surface area (Å²) in [5.41, 5.74) is 0. The van der Waals surface area contributed by atoms with Crippen LogP contribution in [0, 0.1) is 0 Å². The lowest BCUT2D eigenvalue weighted by molar-refractivity contribution is -0.0108. The Balaban J connectivity index is 1.89. The summed E-state index contributed by atoms with van der Waals surface area (Å²) in [6, 6.07) is 0. The van der Waals surface area contributed by atoms with Gasteiger partial charge in [0.2, 0.25) is 0 Å². The lowest BCUT2D eigenvalue weighted by Gasteiger charge is -2.24. The van der Waals surface area contributed by atoms with E-state index in [2.05, 4.69) is 0 Å². The number of hydrogen-bond acceptors (Lipinski definition) is 6. The molecule has 136 valence electrons. The standard InChI is InChI=1S/C15H26F2O6/c1-19-2-3-20-4-5-21-6-7-22-8-9-23-12-10-13(16)15(18)14(17)11-12/h10,13-15,18H,2-9,11H2,1H3. The highest BCUT2D eigenvalue weighted by molar-refractivity contribution is 5.08. The van der Waals surface area contributed by atoms with E-state index in [1.165, 1.54) is 0 Å². The SMILES string of the molecule is COCCOCCOCCOCCOC1=CC(F)C(O)C(F)C1. The van der Waals surface area contributed by atoms with Gasteiger partial charge in [-0.2, -0.15) is 0 Å². The molecule has 0 aliphatic heterocycles. The van der Waals surface area contributed by atoms with Gasteiger partial charge in [0.25, 0.3) is 0 Å². The molecule has 0 amide bonds. The molecule has 0 heterocycles. The Kier molecular flexibility index (Phi) is 11.1. The number of methoxy groups -OCH3 is 1. The lowest BCUT2D eigenvalue weighted by atomic mass is 9.99. The van der Waals surface area contributed by atoms with Crippen LogP contribution in [0.3, 0.4) is 0 Å². The molecule has 0 radical (unpaired) electrons. The van der Waals surface area contributed by atoms with Gasteiger partial charge in [-0.3, -0.25) is 0 Å². The number of ether oxygens (including phenoxy) is 5. The van der Waals surface area contributed by atoms with E-state index in [1.807, 2.05) is 0 Å². The monoisotopic (exact) mass is 340 g/mol. The second-order valence-corrected chi connectivity index (χ2v) is 4.97. The van der Waals surface area contributed by atoms with Gasteiger partial charge >= 0.3 is 0 Å². The van der Waals surface area contributed by atoms with Crippen LogP contribution in [-0.2, 0) is 23.7 Å². The van der Waals surface area contributed by atoms with Crippen molar-refractivity contribution < 1.29 is 37.6 Å². The maximum atomic E-state index is 13.2. The summed E-state index contributed by atoms with van der Waals surface area (Å²) in [6.45, 7) is 3.40. The van der Waals surface area contributed by atoms with E-state index in [-0.39, 0.29) is 18.8 Å². The van der Waals surface area contributed by atoms with Gasteiger partial charge in [-0.15, -0.1) is 0 Å². The van der Waals surface area contributed by atoms with Crippen molar-refractivity contribution in [3.05, 3.63) is 11.8 Å². The fourth-order valence-electron chi connectivity index (χ4n) is 1.88. The molecule has 0 saturated carbocycles. The number of allylic oxidation sites excluding steroid dienone is 1. The largest absolute Gasteiger partial charge is 0.496 e. The van der Waals surface area contributed by atoms with E-state index in [9.17, 15) is 8.78 Å². The summed E-state index contributed by atoms with van der Waals surface area (Å²) >= 11 is 0. The molecule has 0 saturated heterocycles. The zero-order valence-electron chi connectivity index (χ0n) is 13.4. The fraction of sp³-hybridized carbons (Fsp3) is 0.867. The van der Waals surface area contributed by atoms with E-state index in [0.717, 1.165) is 6.08 Å². The van der Waals surface area contributed by atoms with Crippen LogP contribution in [0.15, 0.2) is 11.8 Å². The van der Waals surface area contributed by atoms with Crippen LogP contribution in [0.5, 0.6) is 0 Å². The van der Waals surface area contributed by atoms with Gasteiger partial charge in [-0.1, -0.05) is 0 Å². The predicted molar refractivity (Wildman–Crippen MR) is 78.8 cm³/mol. The molecule has 0 spiro atoms. The van der Waals surface area contributed by atoms with Gasteiger partial charge in [0.1, 0.15) is 18.9 Å². The highest BCUT2D eigenvalue weighted by atomic mass is 19.1. The summed E-state index contributed by atoms with van der Waals surface area (Å²) in [7, 11) is 1.61. The molecule has 0 aromatic rings. The molecule has 8 heteroatoms. The Labute approximate surface area is 135 Å². The zero-order valence-corrected chi connectivity index (χ0v) is 13.4. The van der Waals surface area contributed by atoms with Crippen molar-refractivity contribution in [1.29, 1.82) is 0 Å². The summed E-state index contributed by atoms with van der Waals surface area (Å²) in [4.78, 5) is 0. The normalized spacial score (nSPS) is 24.5. The van der Waals surface area contributed by atoms with Crippen LogP contribution >= 0.6 is 0 Å². The Hall–Kier alpha value is -0.800. The maximum Gasteiger partial charge on any atom is 0.150 e. The molecule has 1 aliphatic carbocycles. The molecule has 1 rings (SSSR count). The minimum atomic E-state index is -1.73. The molecule has 23 heavy (non-hydrogen) atoms. The van der Waals surface area contributed by atoms with Crippen LogP contribution in [-0.4, -0.2) is 83.5 Å². The molecule has 6 nitrogen and oxygen atoms in total. The first-order valence-electron chi connectivity index (χ1n) is 7.67. The minimum Gasteiger partial charge on any atom is -0.496 e. The quantitative estimate of drug-likeness (QED) is 0.505. The minimum absolute atomic E-state index is 0.117. The number of rotatable bonds is 13. The van der Waals surface area contributed by atoms with Crippen molar-refractivity contribution in [1.82, 2.24) is 0 Å². The number of alkyl halides is 2. The van der Waals surface area contributed by atoms with Crippen molar-refractivity contribution in [2.24, 2.45) is 0 Å². The number of hydrogen-bond donors (Lipinski definition) is 1.